The Bertz CT molecular complexity index is 659. The molecule has 0 aliphatic rings. The van der Waals surface area contributed by atoms with Gasteiger partial charge in [0.15, 0.2) is 0 Å². The normalized spacial score (nSPS) is 12.1. The highest BCUT2D eigenvalue weighted by Gasteiger charge is 2.19. The third-order valence-electron chi connectivity index (χ3n) is 3.27. The molecule has 0 aromatic heterocycles. The van der Waals surface area contributed by atoms with Gasteiger partial charge in [0.2, 0.25) is 0 Å². The van der Waals surface area contributed by atoms with Crippen LogP contribution in [0, 0.1) is 12.7 Å². The molecule has 0 bridgehead atoms. The van der Waals surface area contributed by atoms with Crippen LogP contribution >= 0.6 is 31.9 Å². The quantitative estimate of drug-likeness (QED) is 0.620. The van der Waals surface area contributed by atoms with Gasteiger partial charge in [-0.25, -0.2) is 4.39 Å². The van der Waals surface area contributed by atoms with E-state index in [2.05, 4.69) is 31.9 Å². The van der Waals surface area contributed by atoms with Gasteiger partial charge in [0.1, 0.15) is 17.3 Å². The molecule has 2 rings (SSSR count). The summed E-state index contributed by atoms with van der Waals surface area (Å²) in [5.41, 5.74) is 2.92. The van der Waals surface area contributed by atoms with E-state index in [1.165, 1.54) is 13.2 Å². The molecule has 21 heavy (non-hydrogen) atoms. The minimum absolute atomic E-state index is 0.126. The monoisotopic (exact) mass is 416 g/mol. The molecule has 2 aromatic carbocycles. The third kappa shape index (κ3) is 3.40. The van der Waals surface area contributed by atoms with Crippen LogP contribution in [0.3, 0.4) is 0 Å². The molecule has 0 aliphatic carbocycles. The number of ether oxygens (including phenoxy) is 2. The fourth-order valence-corrected chi connectivity index (χ4v) is 3.10. The topological polar surface area (TPSA) is 18.5 Å². The van der Waals surface area contributed by atoms with Gasteiger partial charge in [-0.1, -0.05) is 28.1 Å². The van der Waals surface area contributed by atoms with E-state index in [4.69, 9.17) is 9.47 Å². The van der Waals surface area contributed by atoms with Crippen molar-refractivity contribution in [3.63, 3.8) is 0 Å². The number of halogens is 3. The van der Waals surface area contributed by atoms with Crippen molar-refractivity contribution in [3.8, 4) is 11.5 Å². The Hall–Kier alpha value is -1.07. The lowest BCUT2D eigenvalue weighted by Crippen LogP contribution is -1.99. The number of hydrogen-bond acceptors (Lipinski definition) is 2. The number of methoxy groups -OCH3 is 2. The van der Waals surface area contributed by atoms with Crippen LogP contribution in [-0.2, 0) is 0 Å². The van der Waals surface area contributed by atoms with E-state index < -0.39 is 0 Å². The van der Waals surface area contributed by atoms with E-state index >= 15 is 0 Å². The molecule has 0 radical (unpaired) electrons. The molecule has 2 nitrogen and oxygen atoms in total. The van der Waals surface area contributed by atoms with Gasteiger partial charge in [-0.15, -0.1) is 0 Å². The summed E-state index contributed by atoms with van der Waals surface area (Å²) in [5.74, 6) is 0.964. The van der Waals surface area contributed by atoms with Crippen LogP contribution < -0.4 is 9.47 Å². The Kier molecular flexibility index (Phi) is 5.27. The molecular weight excluding hydrogens is 403 g/mol. The lowest BCUT2D eigenvalue weighted by Gasteiger charge is -2.17. The number of hydrogen-bond donors (Lipinski definition) is 0. The summed E-state index contributed by atoms with van der Waals surface area (Å²) in [4.78, 5) is -0.126. The second kappa shape index (κ2) is 6.79. The first-order chi connectivity index (χ1) is 9.97. The SMILES string of the molecule is COc1cc(C(Br)c2cc(Br)c(F)cc2OC)ccc1C. The first kappa shape index (κ1) is 16.3. The van der Waals surface area contributed by atoms with Crippen molar-refractivity contribution in [2.45, 2.75) is 11.8 Å². The molecule has 0 fully saturated rings. The molecular formula is C16H15Br2FO2. The summed E-state index contributed by atoms with van der Waals surface area (Å²) in [6.45, 7) is 1.99. The van der Waals surface area contributed by atoms with Gasteiger partial charge in [0, 0.05) is 11.6 Å². The molecule has 0 spiro atoms. The largest absolute Gasteiger partial charge is 0.496 e. The summed E-state index contributed by atoms with van der Waals surface area (Å²) in [7, 11) is 3.17. The Morgan fingerprint density at radius 2 is 1.71 bits per heavy atom. The summed E-state index contributed by atoms with van der Waals surface area (Å²) in [5, 5.41) is 0. The van der Waals surface area contributed by atoms with Gasteiger partial charge in [-0.3, -0.25) is 0 Å². The maximum Gasteiger partial charge on any atom is 0.141 e. The maximum absolute atomic E-state index is 13.6. The van der Waals surface area contributed by atoms with Crippen molar-refractivity contribution in [2.75, 3.05) is 14.2 Å². The predicted molar refractivity (Wildman–Crippen MR) is 89.2 cm³/mol. The zero-order chi connectivity index (χ0) is 15.6. The fourth-order valence-electron chi connectivity index (χ4n) is 2.09. The van der Waals surface area contributed by atoms with Crippen LogP contribution in [-0.4, -0.2) is 14.2 Å². The van der Waals surface area contributed by atoms with E-state index in [1.807, 2.05) is 25.1 Å². The minimum Gasteiger partial charge on any atom is -0.496 e. The molecule has 0 saturated carbocycles. The highest BCUT2D eigenvalue weighted by atomic mass is 79.9. The molecule has 5 heteroatoms. The summed E-state index contributed by atoms with van der Waals surface area (Å²) in [6.07, 6.45) is 0. The molecule has 0 saturated heterocycles. The van der Waals surface area contributed by atoms with Crippen molar-refractivity contribution in [3.05, 3.63) is 57.3 Å². The highest BCUT2D eigenvalue weighted by molar-refractivity contribution is 9.10. The standard InChI is InChI=1S/C16H15Br2FO2/c1-9-4-5-10(6-14(9)20-2)16(18)11-7-12(17)13(19)8-15(11)21-3/h4-8,16H,1-3H3. The Morgan fingerprint density at radius 3 is 2.33 bits per heavy atom. The Balaban J connectivity index is 2.49. The van der Waals surface area contributed by atoms with Gasteiger partial charge in [-0.2, -0.15) is 0 Å². The second-order valence-electron chi connectivity index (χ2n) is 4.60. The molecule has 2 aromatic rings. The van der Waals surface area contributed by atoms with E-state index in [0.29, 0.717) is 10.2 Å². The molecule has 0 amide bonds. The molecule has 1 unspecified atom stereocenters. The van der Waals surface area contributed by atoms with Crippen LogP contribution in [0.5, 0.6) is 11.5 Å². The van der Waals surface area contributed by atoms with Gasteiger partial charge in [-0.05, 0) is 46.1 Å². The lowest BCUT2D eigenvalue weighted by atomic mass is 10.0. The average Bonchev–Trinajstić information content (AvgIpc) is 2.49. The van der Waals surface area contributed by atoms with Crippen LogP contribution in [0.1, 0.15) is 21.5 Å². The predicted octanol–water partition coefficient (Wildman–Crippen LogP) is 5.40. The van der Waals surface area contributed by atoms with Crippen LogP contribution in [0.15, 0.2) is 34.8 Å². The number of alkyl halides is 1. The Labute approximate surface area is 140 Å². The summed E-state index contributed by atoms with van der Waals surface area (Å²) in [6, 6.07) is 9.06. The van der Waals surface area contributed by atoms with E-state index in [0.717, 1.165) is 22.4 Å². The van der Waals surface area contributed by atoms with Crippen molar-refractivity contribution in [1.82, 2.24) is 0 Å². The maximum atomic E-state index is 13.6. The van der Waals surface area contributed by atoms with Gasteiger partial charge >= 0.3 is 0 Å². The van der Waals surface area contributed by atoms with Crippen molar-refractivity contribution in [2.24, 2.45) is 0 Å². The van der Waals surface area contributed by atoms with Crippen molar-refractivity contribution < 1.29 is 13.9 Å². The first-order valence-electron chi connectivity index (χ1n) is 6.29. The van der Waals surface area contributed by atoms with Gasteiger partial charge < -0.3 is 9.47 Å². The van der Waals surface area contributed by atoms with Crippen molar-refractivity contribution >= 4 is 31.9 Å². The number of rotatable bonds is 4. The fraction of sp³-hybridized carbons (Fsp3) is 0.250. The lowest BCUT2D eigenvalue weighted by molar-refractivity contribution is 0.406. The minimum atomic E-state index is -0.350. The second-order valence-corrected chi connectivity index (χ2v) is 6.37. The molecule has 0 aliphatic heterocycles. The van der Waals surface area contributed by atoms with E-state index in [-0.39, 0.29) is 10.6 Å². The smallest absolute Gasteiger partial charge is 0.141 e. The first-order valence-corrected chi connectivity index (χ1v) is 8.00. The molecule has 0 heterocycles. The van der Waals surface area contributed by atoms with Gasteiger partial charge in [0.25, 0.3) is 0 Å². The molecule has 0 N–H and O–H groups in total. The zero-order valence-electron chi connectivity index (χ0n) is 11.9. The molecule has 112 valence electrons. The third-order valence-corrected chi connectivity index (χ3v) is 4.90. The van der Waals surface area contributed by atoms with Crippen LogP contribution in [0.2, 0.25) is 0 Å². The van der Waals surface area contributed by atoms with Gasteiger partial charge in [0.05, 0.1) is 23.5 Å². The number of benzene rings is 2. The van der Waals surface area contributed by atoms with E-state index in [9.17, 15) is 4.39 Å². The van der Waals surface area contributed by atoms with Crippen LogP contribution in [0.4, 0.5) is 4.39 Å². The average molecular weight is 418 g/mol. The molecule has 1 atom stereocenters. The van der Waals surface area contributed by atoms with E-state index in [1.54, 1.807) is 13.2 Å². The summed E-state index contributed by atoms with van der Waals surface area (Å²) < 4.78 is 24.7. The Morgan fingerprint density at radius 1 is 1.05 bits per heavy atom. The van der Waals surface area contributed by atoms with Crippen molar-refractivity contribution in [1.29, 1.82) is 0 Å². The highest BCUT2D eigenvalue weighted by Crippen LogP contribution is 2.40. The summed E-state index contributed by atoms with van der Waals surface area (Å²) >= 11 is 6.87. The number of aryl methyl sites for hydroxylation is 1. The van der Waals surface area contributed by atoms with Crippen LogP contribution in [0.25, 0.3) is 0 Å². The zero-order valence-corrected chi connectivity index (χ0v) is 15.1.